The molecule has 0 saturated heterocycles. The van der Waals surface area contributed by atoms with Gasteiger partial charge in [0, 0.05) is 19.5 Å². The van der Waals surface area contributed by atoms with E-state index in [1.165, 1.54) is 4.90 Å². The van der Waals surface area contributed by atoms with E-state index >= 15 is 0 Å². The molecule has 0 aliphatic carbocycles. The summed E-state index contributed by atoms with van der Waals surface area (Å²) in [6.07, 6.45) is 0. The van der Waals surface area contributed by atoms with E-state index in [-0.39, 0.29) is 0 Å². The number of urea groups is 1. The maximum atomic E-state index is 10.2. The van der Waals surface area contributed by atoms with Gasteiger partial charge in [0.05, 0.1) is 0 Å². The van der Waals surface area contributed by atoms with Crippen molar-refractivity contribution in [2.75, 3.05) is 19.5 Å². The molecular formula is C4H9ClN2O. The van der Waals surface area contributed by atoms with Gasteiger partial charge in [0.1, 0.15) is 0 Å². The lowest BCUT2D eigenvalue weighted by Crippen LogP contribution is -2.33. The second kappa shape index (κ2) is 3.55. The van der Waals surface area contributed by atoms with Gasteiger partial charge in [-0.1, -0.05) is 0 Å². The Balaban J connectivity index is 3.32. The van der Waals surface area contributed by atoms with Crippen LogP contribution in [0.1, 0.15) is 0 Å². The second-order valence-corrected chi connectivity index (χ2v) is 1.83. The molecule has 0 aromatic heterocycles. The highest BCUT2D eigenvalue weighted by atomic mass is 35.5. The Morgan fingerprint density at radius 2 is 2.38 bits per heavy atom. The number of alkyl halides is 1. The molecule has 4 heteroatoms. The summed E-state index contributed by atoms with van der Waals surface area (Å²) in [5, 5.41) is 0. The largest absolute Gasteiger partial charge is 0.351 e. The third-order valence-corrected chi connectivity index (χ3v) is 0.965. The molecule has 0 aromatic carbocycles. The van der Waals surface area contributed by atoms with Gasteiger partial charge in [0.15, 0.2) is 0 Å². The average molecular weight is 137 g/mol. The first-order chi connectivity index (χ1) is 3.68. The van der Waals surface area contributed by atoms with Crippen molar-refractivity contribution >= 4 is 17.6 Å². The zero-order valence-electron chi connectivity index (χ0n) is 4.72. The van der Waals surface area contributed by atoms with E-state index in [0.29, 0.717) is 12.4 Å². The van der Waals surface area contributed by atoms with E-state index in [9.17, 15) is 4.79 Å². The van der Waals surface area contributed by atoms with E-state index in [0.717, 1.165) is 0 Å². The molecule has 0 saturated carbocycles. The van der Waals surface area contributed by atoms with Crippen LogP contribution in [0.2, 0.25) is 0 Å². The third kappa shape index (κ3) is 2.69. The minimum Gasteiger partial charge on any atom is -0.351 e. The van der Waals surface area contributed by atoms with Crippen LogP contribution in [0.3, 0.4) is 0 Å². The predicted molar refractivity (Wildman–Crippen MR) is 32.9 cm³/mol. The summed E-state index contributed by atoms with van der Waals surface area (Å²) >= 11 is 5.29. The first kappa shape index (κ1) is 7.56. The molecule has 2 amide bonds. The summed E-state index contributed by atoms with van der Waals surface area (Å²) in [5.74, 6) is 0.430. The Morgan fingerprint density at radius 3 is 2.50 bits per heavy atom. The van der Waals surface area contributed by atoms with Gasteiger partial charge in [-0.3, -0.25) is 0 Å². The number of nitrogens with two attached hydrogens (primary N) is 1. The van der Waals surface area contributed by atoms with Crippen molar-refractivity contribution in [1.82, 2.24) is 4.90 Å². The SMILES string of the molecule is CN(CCCl)C(N)=O. The van der Waals surface area contributed by atoms with Crippen LogP contribution in [0.15, 0.2) is 0 Å². The maximum Gasteiger partial charge on any atom is 0.314 e. The molecule has 0 rings (SSSR count). The van der Waals surface area contributed by atoms with E-state index in [1.54, 1.807) is 7.05 Å². The number of carbonyl (C=O) groups excluding carboxylic acids is 1. The van der Waals surface area contributed by atoms with Gasteiger partial charge in [-0.25, -0.2) is 4.79 Å². The molecule has 0 aliphatic heterocycles. The zero-order chi connectivity index (χ0) is 6.57. The standard InChI is InChI=1S/C4H9ClN2O/c1-7(3-2-5)4(6)8/h2-3H2,1H3,(H2,6,8). The Labute approximate surface area is 53.4 Å². The number of nitrogens with zero attached hydrogens (tertiary/aromatic N) is 1. The van der Waals surface area contributed by atoms with Crippen LogP contribution in [0.5, 0.6) is 0 Å². The van der Waals surface area contributed by atoms with Crippen molar-refractivity contribution in [1.29, 1.82) is 0 Å². The van der Waals surface area contributed by atoms with Gasteiger partial charge in [0.25, 0.3) is 0 Å². The molecule has 48 valence electrons. The Morgan fingerprint density at radius 1 is 1.88 bits per heavy atom. The molecular weight excluding hydrogens is 128 g/mol. The Hall–Kier alpha value is -0.440. The molecule has 0 unspecified atom stereocenters. The van der Waals surface area contributed by atoms with E-state index < -0.39 is 6.03 Å². The minimum absolute atomic E-state index is 0.430. The Bertz CT molecular complexity index is 86.1. The van der Waals surface area contributed by atoms with Crippen LogP contribution < -0.4 is 5.73 Å². The van der Waals surface area contributed by atoms with Gasteiger partial charge in [-0.15, -0.1) is 11.6 Å². The van der Waals surface area contributed by atoms with Crippen molar-refractivity contribution in [3.63, 3.8) is 0 Å². The van der Waals surface area contributed by atoms with Crippen molar-refractivity contribution in [2.45, 2.75) is 0 Å². The number of rotatable bonds is 2. The van der Waals surface area contributed by atoms with Crippen LogP contribution in [-0.2, 0) is 0 Å². The monoisotopic (exact) mass is 136 g/mol. The van der Waals surface area contributed by atoms with E-state index in [4.69, 9.17) is 17.3 Å². The van der Waals surface area contributed by atoms with Crippen molar-refractivity contribution in [2.24, 2.45) is 5.73 Å². The molecule has 3 nitrogen and oxygen atoms in total. The molecule has 0 aromatic rings. The number of hydrogen-bond acceptors (Lipinski definition) is 1. The molecule has 0 aliphatic rings. The van der Waals surface area contributed by atoms with Crippen molar-refractivity contribution < 1.29 is 4.79 Å². The molecule has 0 spiro atoms. The fraction of sp³-hybridized carbons (Fsp3) is 0.750. The van der Waals surface area contributed by atoms with Gasteiger partial charge in [-0.2, -0.15) is 0 Å². The normalized spacial score (nSPS) is 8.75. The lowest BCUT2D eigenvalue weighted by Gasteiger charge is -2.10. The second-order valence-electron chi connectivity index (χ2n) is 1.45. The number of halogens is 1. The summed E-state index contributed by atoms with van der Waals surface area (Å²) in [6, 6.07) is -0.439. The Kier molecular flexibility index (Phi) is 3.35. The molecule has 0 atom stereocenters. The topological polar surface area (TPSA) is 46.3 Å². The molecule has 0 heterocycles. The van der Waals surface area contributed by atoms with Crippen molar-refractivity contribution in [3.8, 4) is 0 Å². The summed E-state index contributed by atoms with van der Waals surface area (Å²) < 4.78 is 0. The van der Waals surface area contributed by atoms with Gasteiger partial charge >= 0.3 is 6.03 Å². The lowest BCUT2D eigenvalue weighted by atomic mass is 10.6. The zero-order valence-corrected chi connectivity index (χ0v) is 5.48. The smallest absolute Gasteiger partial charge is 0.314 e. The summed E-state index contributed by atoms with van der Waals surface area (Å²) in [5.41, 5.74) is 4.85. The van der Waals surface area contributed by atoms with Crippen LogP contribution in [0, 0.1) is 0 Å². The highest BCUT2D eigenvalue weighted by Gasteiger charge is 1.98. The average Bonchev–Trinajstić information content (AvgIpc) is 1.67. The highest BCUT2D eigenvalue weighted by Crippen LogP contribution is 1.81. The number of amides is 2. The fourth-order valence-corrected chi connectivity index (χ4v) is 0.491. The lowest BCUT2D eigenvalue weighted by molar-refractivity contribution is 0.221. The van der Waals surface area contributed by atoms with Crippen LogP contribution in [0.4, 0.5) is 4.79 Å². The predicted octanol–water partition coefficient (Wildman–Crippen LogP) is 0.236. The van der Waals surface area contributed by atoms with Crippen LogP contribution in [0.25, 0.3) is 0 Å². The molecule has 0 radical (unpaired) electrons. The first-order valence-corrected chi connectivity index (χ1v) is 2.78. The van der Waals surface area contributed by atoms with Crippen LogP contribution >= 0.6 is 11.6 Å². The summed E-state index contributed by atoms with van der Waals surface area (Å²) in [7, 11) is 1.60. The quantitative estimate of drug-likeness (QED) is 0.543. The van der Waals surface area contributed by atoms with Crippen LogP contribution in [-0.4, -0.2) is 30.4 Å². The summed E-state index contributed by atoms with van der Waals surface area (Å²) in [4.78, 5) is 11.5. The molecule has 0 fully saturated rings. The number of primary amides is 1. The summed E-state index contributed by atoms with van der Waals surface area (Å²) in [6.45, 7) is 0.511. The molecule has 8 heavy (non-hydrogen) atoms. The van der Waals surface area contributed by atoms with E-state index in [2.05, 4.69) is 0 Å². The highest BCUT2D eigenvalue weighted by molar-refractivity contribution is 6.18. The fourth-order valence-electron chi connectivity index (χ4n) is 0.237. The van der Waals surface area contributed by atoms with Gasteiger partial charge in [0.2, 0.25) is 0 Å². The van der Waals surface area contributed by atoms with E-state index in [1.807, 2.05) is 0 Å². The maximum absolute atomic E-state index is 10.2. The first-order valence-electron chi connectivity index (χ1n) is 2.25. The number of carbonyl (C=O) groups is 1. The van der Waals surface area contributed by atoms with Crippen molar-refractivity contribution in [3.05, 3.63) is 0 Å². The van der Waals surface area contributed by atoms with Gasteiger partial charge < -0.3 is 10.6 Å². The minimum atomic E-state index is -0.439. The molecule has 2 N–H and O–H groups in total. The third-order valence-electron chi connectivity index (χ3n) is 0.796. The van der Waals surface area contributed by atoms with Gasteiger partial charge in [-0.05, 0) is 0 Å². The number of hydrogen-bond donors (Lipinski definition) is 1. The molecule has 0 bridgehead atoms.